The van der Waals surface area contributed by atoms with Crippen LogP contribution in [0.4, 0.5) is 0 Å². The highest BCUT2D eigenvalue weighted by Gasteiger charge is 2.46. The Labute approximate surface area is 717 Å². The molecule has 0 unspecified atom stereocenters. The summed E-state index contributed by atoms with van der Waals surface area (Å²) in [5, 5.41) is 16.3. The summed E-state index contributed by atoms with van der Waals surface area (Å²) < 4.78 is 14.4. The van der Waals surface area contributed by atoms with Gasteiger partial charge in [-0.2, -0.15) is 0 Å². The highest BCUT2D eigenvalue weighted by molar-refractivity contribution is 6.13. The predicted molar refractivity (Wildman–Crippen MR) is 526 cm³/mol. The van der Waals surface area contributed by atoms with E-state index in [-0.39, 0.29) is 5.41 Å². The molecule has 0 N–H and O–H groups in total. The van der Waals surface area contributed by atoms with E-state index < -0.39 is 0 Å². The minimum Gasteiger partial charge on any atom is -0.344 e. The Morgan fingerprint density at radius 2 is 0.549 bits per heavy atom. The molecule has 16 aromatic carbocycles. The van der Waals surface area contributed by atoms with Crippen LogP contribution in [0.25, 0.3) is 148 Å². The average Bonchev–Trinajstić information content (AvgIpc) is 1.53. The number of fused-ring (bicyclic) bond motifs is 21. The zero-order valence-corrected chi connectivity index (χ0v) is 72.6. The van der Waals surface area contributed by atoms with Gasteiger partial charge in [0.2, 0.25) is 0 Å². The first-order valence-corrected chi connectivity index (χ1v) is 43.9. The second kappa shape index (κ2) is 33.8. The van der Waals surface area contributed by atoms with Gasteiger partial charge >= 0.3 is 0 Å². The number of hydrogen-bond donors (Lipinski definition) is 0. The van der Waals surface area contributed by atoms with E-state index in [1.165, 1.54) is 223 Å². The fourth-order valence-corrected chi connectivity index (χ4v) is 19.8. The number of hydrogen-bond acceptors (Lipinski definition) is 0. The molecule has 6 heteroatoms. The Bertz CT molecular complexity index is 7560. The lowest BCUT2D eigenvalue weighted by atomic mass is 9.68. The van der Waals surface area contributed by atoms with Gasteiger partial charge in [0, 0.05) is 158 Å². The molecule has 6 aromatic heterocycles. The van der Waals surface area contributed by atoms with E-state index in [0.717, 1.165) is 19.6 Å². The number of benzene rings is 16. The van der Waals surface area contributed by atoms with Crippen LogP contribution in [0, 0.1) is 41.5 Å². The fourth-order valence-electron chi connectivity index (χ4n) is 19.8. The van der Waals surface area contributed by atoms with Crippen molar-refractivity contribution in [2.24, 2.45) is 7.05 Å². The maximum Gasteiger partial charge on any atom is 0.0713 e. The molecule has 0 saturated heterocycles. The van der Waals surface area contributed by atoms with E-state index >= 15 is 0 Å². The number of para-hydroxylation sites is 6. The first-order valence-electron chi connectivity index (χ1n) is 43.9. The van der Waals surface area contributed by atoms with Gasteiger partial charge in [0.15, 0.2) is 0 Å². The van der Waals surface area contributed by atoms with Crippen molar-refractivity contribution in [1.82, 2.24) is 27.4 Å². The zero-order chi connectivity index (χ0) is 83.9. The van der Waals surface area contributed by atoms with Crippen LogP contribution < -0.4 is 0 Å². The summed E-state index contributed by atoms with van der Waals surface area (Å²) in [5.74, 6) is 0. The minimum absolute atomic E-state index is 0.370. The lowest BCUT2D eigenvalue weighted by Crippen LogP contribution is -2.28. The summed E-state index contributed by atoms with van der Waals surface area (Å²) in [7, 11) is 2.12. The van der Waals surface area contributed by atoms with Crippen LogP contribution in [-0.2, 0) is 32.1 Å². The quantitative estimate of drug-likeness (QED) is 0.131. The number of aromatic nitrogens is 6. The van der Waals surface area contributed by atoms with Crippen LogP contribution in [0.15, 0.2) is 358 Å². The molecule has 1 aliphatic carbocycles. The fraction of sp³-hybridized carbons (Fsp3) is 0.172. The number of unbranched alkanes of at least 4 members (excludes halogenated alkanes) is 1. The summed E-state index contributed by atoms with van der Waals surface area (Å²) in [6.07, 6.45) is 3.64. The van der Waals surface area contributed by atoms with E-state index in [2.05, 4.69) is 469 Å². The molecule has 0 aliphatic heterocycles. The van der Waals surface area contributed by atoms with Gasteiger partial charge in [-0.3, -0.25) is 0 Å². The normalized spacial score (nSPS) is 12.1. The van der Waals surface area contributed by atoms with Crippen LogP contribution in [0.5, 0.6) is 0 Å². The summed E-state index contributed by atoms with van der Waals surface area (Å²) in [5.41, 5.74) is 32.5. The topological polar surface area (TPSA) is 29.6 Å². The summed E-state index contributed by atoms with van der Waals surface area (Å²) >= 11 is 0. The van der Waals surface area contributed by atoms with E-state index in [1.54, 1.807) is 0 Å². The lowest BCUT2D eigenvalue weighted by Gasteiger charge is -2.34. The molecule has 6 heterocycles. The number of nitrogens with zero attached hydrogens (tertiary/aromatic N) is 6. The van der Waals surface area contributed by atoms with Crippen molar-refractivity contribution in [3.8, 4) is 16.8 Å². The van der Waals surface area contributed by atoms with Crippen LogP contribution >= 0.6 is 0 Å². The number of rotatable bonds is 10. The van der Waals surface area contributed by atoms with E-state index in [1.807, 2.05) is 0 Å². The molecule has 0 bridgehead atoms. The molecule has 0 radical (unpaired) electrons. The van der Waals surface area contributed by atoms with Crippen molar-refractivity contribution >= 4 is 131 Å². The van der Waals surface area contributed by atoms with Crippen molar-refractivity contribution < 1.29 is 0 Å². The summed E-state index contributed by atoms with van der Waals surface area (Å²) in [6.45, 7) is 27.3. The van der Waals surface area contributed by atoms with Crippen molar-refractivity contribution in [2.45, 2.75) is 127 Å². The first-order chi connectivity index (χ1) is 59.6. The third-order valence-corrected chi connectivity index (χ3v) is 25.3. The third kappa shape index (κ3) is 14.3. The highest BCUT2D eigenvalue weighted by atomic mass is 15.0. The first kappa shape index (κ1) is 79.4. The zero-order valence-electron chi connectivity index (χ0n) is 72.6. The molecule has 0 fully saturated rings. The second-order valence-electron chi connectivity index (χ2n) is 33.7. The smallest absolute Gasteiger partial charge is 0.0713 e. The molecular weight excluding hydrogens is 1480 g/mol. The summed E-state index contributed by atoms with van der Waals surface area (Å²) in [4.78, 5) is 0. The molecule has 0 amide bonds. The molecule has 0 saturated carbocycles. The Balaban J connectivity index is 0.000000105. The van der Waals surface area contributed by atoms with Gasteiger partial charge in [-0.15, -0.1) is 0 Å². The van der Waals surface area contributed by atoms with Gasteiger partial charge < -0.3 is 27.4 Å². The van der Waals surface area contributed by atoms with Gasteiger partial charge in [-0.05, 0) is 230 Å². The Hall–Kier alpha value is -13.7. The van der Waals surface area contributed by atoms with Gasteiger partial charge in [0.1, 0.15) is 0 Å². The number of aryl methyl sites for hydroxylation is 10. The van der Waals surface area contributed by atoms with Crippen molar-refractivity contribution in [3.05, 3.63) is 414 Å². The molecule has 22 aromatic rings. The molecule has 602 valence electrons. The molecule has 0 spiro atoms. The highest BCUT2D eigenvalue weighted by Crippen LogP contribution is 2.56. The monoisotopic (exact) mass is 1580 g/mol. The second-order valence-corrected chi connectivity index (χ2v) is 33.7. The van der Waals surface area contributed by atoms with Gasteiger partial charge in [0.05, 0.1) is 16.4 Å². The lowest BCUT2D eigenvalue weighted by molar-refractivity contribution is 0.642. The van der Waals surface area contributed by atoms with Gasteiger partial charge in [0.25, 0.3) is 0 Å². The van der Waals surface area contributed by atoms with Gasteiger partial charge in [-0.1, -0.05) is 290 Å². The average molecular weight is 1590 g/mol. The minimum atomic E-state index is -0.370. The van der Waals surface area contributed by atoms with Crippen LogP contribution in [0.2, 0.25) is 0 Å². The Kier molecular flexibility index (Phi) is 22.0. The summed E-state index contributed by atoms with van der Waals surface area (Å²) in [6, 6.07) is 131. The van der Waals surface area contributed by atoms with Gasteiger partial charge in [-0.25, -0.2) is 0 Å². The molecule has 122 heavy (non-hydrogen) atoms. The molecule has 0 atom stereocenters. The Morgan fingerprint density at radius 3 is 1.01 bits per heavy atom. The van der Waals surface area contributed by atoms with Crippen molar-refractivity contribution in [3.63, 3.8) is 0 Å². The van der Waals surface area contributed by atoms with E-state index in [4.69, 9.17) is 0 Å². The van der Waals surface area contributed by atoms with Crippen LogP contribution in [0.3, 0.4) is 0 Å². The van der Waals surface area contributed by atoms with Crippen molar-refractivity contribution in [1.29, 1.82) is 0 Å². The molecule has 6 nitrogen and oxygen atoms in total. The molecular formula is C116H108N6. The largest absolute Gasteiger partial charge is 0.344 e. The maximum absolute atomic E-state index is 2.47. The van der Waals surface area contributed by atoms with E-state index in [9.17, 15) is 0 Å². The maximum atomic E-state index is 2.47. The third-order valence-electron chi connectivity index (χ3n) is 25.3. The van der Waals surface area contributed by atoms with Crippen LogP contribution in [-0.4, -0.2) is 27.4 Å². The van der Waals surface area contributed by atoms with Crippen molar-refractivity contribution in [2.75, 3.05) is 0 Å². The standard InChI is InChI=1S/C38H27N.C17H19N.2C16H17N.C15H15N.C14H13N/c1-26-19-24-37-33(25-26)32-15-7-10-18-36(32)39(37)29-22-20-28(21-23-29)38(27-11-3-2-4-12-27)34-16-8-5-13-30(34)31-14-6-9-17-35(31)38;1-3-4-11-18-16-8-6-5-7-14(16)15-12-13(2)9-10-17(15)18;1-11(2)17-15-7-5-4-6-13(15)14-10-12(3)8-9-16(14)17;1-3-10-17-15-7-5-4-6-13(15)14-11-12(2)8-9-16(14)17;1-3-16-14-7-5-4-6-12(14)13-10-11(2)8-9-15(13)16;1-10-7-8-14-12(9-10)11-5-3-4-6-13(11)15(14)2/h2-25H,1H3;5-10,12H,3-4,11H2,1-2H3;4-11H,1-3H3;4-9,11H,3,10H2,1-2H3;4-10H,3H2,1-2H3;3-9H,1-2H3. The molecule has 1 aliphatic rings. The van der Waals surface area contributed by atoms with Crippen LogP contribution in [0.1, 0.15) is 116 Å². The Morgan fingerprint density at radius 1 is 0.254 bits per heavy atom. The molecule has 23 rings (SSSR count). The predicted octanol–water partition coefficient (Wildman–Crippen LogP) is 31.3. The van der Waals surface area contributed by atoms with E-state index in [0.29, 0.717) is 6.04 Å². The SMILES string of the molecule is CCCCn1c2ccccc2c2cc(C)ccc21.CCCn1c2ccccc2c2cc(C)ccc21.CCn1c2ccccc2c2cc(C)ccc21.Cc1ccc2c(c1)c1ccccc1n2-c1ccc(C2(c3ccccc3)c3ccccc3-c3ccccc32)cc1.Cc1ccc2c(c1)c1ccccc1n2C.Cc1ccc2c(c1)c1ccccc1n2C(C)C.